The molecule has 0 fully saturated rings. The van der Waals surface area contributed by atoms with Gasteiger partial charge < -0.3 is 0 Å². The first kappa shape index (κ1) is 8.13. The minimum Gasteiger partial charge on any atom is -0.259 e. The summed E-state index contributed by atoms with van der Waals surface area (Å²) in [5.41, 5.74) is 2.87. The second kappa shape index (κ2) is 3.49. The number of thiazole rings is 1. The van der Waals surface area contributed by atoms with E-state index in [0.717, 1.165) is 17.0 Å². The SMILES string of the molecule is BrC1C=NC(c2cncs2)=CC1. The summed E-state index contributed by atoms with van der Waals surface area (Å²) >= 11 is 5.10. The summed E-state index contributed by atoms with van der Waals surface area (Å²) in [6.07, 6.45) is 6.92. The van der Waals surface area contributed by atoms with Gasteiger partial charge in [0.1, 0.15) is 0 Å². The molecule has 2 nitrogen and oxygen atoms in total. The Hall–Kier alpha value is -0.480. The third kappa shape index (κ3) is 1.64. The smallest absolute Gasteiger partial charge is 0.0798 e. The van der Waals surface area contributed by atoms with Crippen molar-refractivity contribution in [3.05, 3.63) is 22.7 Å². The van der Waals surface area contributed by atoms with Gasteiger partial charge in [0.25, 0.3) is 0 Å². The molecule has 1 aromatic rings. The van der Waals surface area contributed by atoms with Crippen LogP contribution in [-0.4, -0.2) is 16.0 Å². The van der Waals surface area contributed by atoms with Crippen LogP contribution in [0.5, 0.6) is 0 Å². The Labute approximate surface area is 83.2 Å². The maximum atomic E-state index is 4.31. The van der Waals surface area contributed by atoms with Crippen molar-refractivity contribution in [1.82, 2.24) is 4.98 Å². The summed E-state index contributed by atoms with van der Waals surface area (Å²) in [4.78, 5) is 9.86. The maximum absolute atomic E-state index is 4.31. The molecule has 4 heteroatoms. The molecule has 0 bridgehead atoms. The molecule has 0 saturated heterocycles. The lowest BCUT2D eigenvalue weighted by atomic mass is 10.2. The van der Waals surface area contributed by atoms with Crippen LogP contribution in [0.3, 0.4) is 0 Å². The number of hydrogen-bond donors (Lipinski definition) is 0. The largest absolute Gasteiger partial charge is 0.259 e. The number of rotatable bonds is 1. The molecule has 12 heavy (non-hydrogen) atoms. The molecule has 2 rings (SSSR count). The van der Waals surface area contributed by atoms with Gasteiger partial charge in [-0.3, -0.25) is 9.98 Å². The van der Waals surface area contributed by atoms with E-state index in [9.17, 15) is 0 Å². The average Bonchev–Trinajstić information content (AvgIpc) is 2.58. The van der Waals surface area contributed by atoms with Gasteiger partial charge in [-0.2, -0.15) is 0 Å². The minimum absolute atomic E-state index is 0.397. The Kier molecular flexibility index (Phi) is 2.37. The first-order valence-corrected chi connectivity index (χ1v) is 5.43. The molecule has 0 aliphatic carbocycles. The van der Waals surface area contributed by atoms with Crippen LogP contribution in [0, 0.1) is 0 Å². The predicted octanol–water partition coefficient (Wildman–Crippen LogP) is 2.72. The zero-order chi connectivity index (χ0) is 8.39. The fraction of sp³-hybridized carbons (Fsp3) is 0.250. The van der Waals surface area contributed by atoms with Crippen molar-refractivity contribution >= 4 is 39.2 Å². The quantitative estimate of drug-likeness (QED) is 0.696. The monoisotopic (exact) mass is 242 g/mol. The van der Waals surface area contributed by atoms with Crippen LogP contribution in [0.2, 0.25) is 0 Å². The van der Waals surface area contributed by atoms with E-state index in [0.29, 0.717) is 4.83 Å². The number of aliphatic imine (C=N–C) groups is 1. The summed E-state index contributed by atoms with van der Waals surface area (Å²) < 4.78 is 0. The van der Waals surface area contributed by atoms with E-state index in [1.807, 2.05) is 17.9 Å². The maximum Gasteiger partial charge on any atom is 0.0798 e. The second-order valence-electron chi connectivity index (χ2n) is 2.48. The lowest BCUT2D eigenvalue weighted by Gasteiger charge is -2.07. The Morgan fingerprint density at radius 3 is 3.08 bits per heavy atom. The summed E-state index contributed by atoms with van der Waals surface area (Å²) in [5, 5.41) is 0. The molecule has 62 valence electrons. The normalized spacial score (nSPS) is 22.4. The van der Waals surface area contributed by atoms with Crippen molar-refractivity contribution in [3.63, 3.8) is 0 Å². The van der Waals surface area contributed by atoms with Gasteiger partial charge in [-0.25, -0.2) is 0 Å². The summed E-state index contributed by atoms with van der Waals surface area (Å²) in [7, 11) is 0. The minimum atomic E-state index is 0.397. The van der Waals surface area contributed by atoms with E-state index >= 15 is 0 Å². The molecule has 0 N–H and O–H groups in total. The summed E-state index contributed by atoms with van der Waals surface area (Å²) in [6.45, 7) is 0. The molecule has 1 unspecified atom stereocenters. The van der Waals surface area contributed by atoms with E-state index < -0.39 is 0 Å². The highest BCUT2D eigenvalue weighted by Crippen LogP contribution is 2.24. The fourth-order valence-electron chi connectivity index (χ4n) is 1.01. The van der Waals surface area contributed by atoms with Crippen LogP contribution in [0.1, 0.15) is 11.3 Å². The van der Waals surface area contributed by atoms with Crippen molar-refractivity contribution in [2.45, 2.75) is 11.2 Å². The molecule has 2 heterocycles. The topological polar surface area (TPSA) is 25.2 Å². The highest BCUT2D eigenvalue weighted by atomic mass is 79.9. The number of nitrogens with zero attached hydrogens (tertiary/aromatic N) is 2. The van der Waals surface area contributed by atoms with Crippen molar-refractivity contribution < 1.29 is 0 Å². The number of alkyl halides is 1. The van der Waals surface area contributed by atoms with E-state index in [-0.39, 0.29) is 0 Å². The second-order valence-corrected chi connectivity index (χ2v) is 4.55. The zero-order valence-corrected chi connectivity index (χ0v) is 8.68. The van der Waals surface area contributed by atoms with E-state index in [1.165, 1.54) is 0 Å². The first-order valence-electron chi connectivity index (χ1n) is 3.63. The lowest BCUT2D eigenvalue weighted by molar-refractivity contribution is 1.13. The standard InChI is InChI=1S/C8H7BrN2S/c9-6-1-2-7(11-3-6)8-4-10-5-12-8/h2-6H,1H2. The van der Waals surface area contributed by atoms with Crippen molar-refractivity contribution in [3.8, 4) is 0 Å². The number of hydrogen-bond acceptors (Lipinski definition) is 3. The first-order chi connectivity index (χ1) is 5.86. The van der Waals surface area contributed by atoms with Gasteiger partial charge in [0.2, 0.25) is 0 Å². The van der Waals surface area contributed by atoms with Gasteiger partial charge in [0.15, 0.2) is 0 Å². The van der Waals surface area contributed by atoms with Gasteiger partial charge in [-0.1, -0.05) is 22.0 Å². The van der Waals surface area contributed by atoms with Crippen molar-refractivity contribution in [2.24, 2.45) is 4.99 Å². The van der Waals surface area contributed by atoms with Crippen LogP contribution >= 0.6 is 27.3 Å². The highest BCUT2D eigenvalue weighted by molar-refractivity contribution is 9.10. The third-order valence-corrected chi connectivity index (χ3v) is 3.00. The van der Waals surface area contributed by atoms with Gasteiger partial charge in [0, 0.05) is 12.4 Å². The molecular formula is C8H7BrN2S. The molecule has 1 aliphatic rings. The zero-order valence-electron chi connectivity index (χ0n) is 6.27. The Balaban J connectivity index is 2.23. The molecule has 0 amide bonds. The fourth-order valence-corrected chi connectivity index (χ4v) is 1.92. The molecular weight excluding hydrogens is 236 g/mol. The number of aromatic nitrogens is 1. The van der Waals surface area contributed by atoms with Gasteiger partial charge in [-0.05, 0) is 6.42 Å². The van der Waals surface area contributed by atoms with E-state index in [2.05, 4.69) is 32.0 Å². The summed E-state index contributed by atoms with van der Waals surface area (Å²) in [6, 6.07) is 0. The molecule has 0 spiro atoms. The highest BCUT2D eigenvalue weighted by Gasteiger charge is 2.08. The Bertz CT molecular complexity index is 316. The van der Waals surface area contributed by atoms with Crippen molar-refractivity contribution in [1.29, 1.82) is 0 Å². The molecule has 1 atom stereocenters. The molecule has 1 aromatic heterocycles. The van der Waals surface area contributed by atoms with Gasteiger partial charge in [0.05, 0.1) is 20.9 Å². The number of halogens is 1. The van der Waals surface area contributed by atoms with Gasteiger partial charge >= 0.3 is 0 Å². The average molecular weight is 243 g/mol. The van der Waals surface area contributed by atoms with Crippen molar-refractivity contribution in [2.75, 3.05) is 0 Å². The van der Waals surface area contributed by atoms with Crippen LogP contribution in [-0.2, 0) is 0 Å². The lowest BCUT2D eigenvalue weighted by Crippen LogP contribution is -2.01. The van der Waals surface area contributed by atoms with E-state index in [1.54, 1.807) is 11.3 Å². The van der Waals surface area contributed by atoms with Crippen LogP contribution in [0.25, 0.3) is 5.70 Å². The van der Waals surface area contributed by atoms with Crippen LogP contribution in [0.4, 0.5) is 0 Å². The molecule has 0 aromatic carbocycles. The van der Waals surface area contributed by atoms with Crippen LogP contribution in [0.15, 0.2) is 22.8 Å². The van der Waals surface area contributed by atoms with E-state index in [4.69, 9.17) is 0 Å². The van der Waals surface area contributed by atoms with Crippen LogP contribution < -0.4 is 0 Å². The molecule has 0 saturated carbocycles. The van der Waals surface area contributed by atoms with Gasteiger partial charge in [-0.15, -0.1) is 11.3 Å². The predicted molar refractivity (Wildman–Crippen MR) is 55.9 cm³/mol. The number of allylic oxidation sites excluding steroid dienone is 1. The molecule has 0 radical (unpaired) electrons. The summed E-state index contributed by atoms with van der Waals surface area (Å²) in [5.74, 6) is 0. The Morgan fingerprint density at radius 2 is 2.50 bits per heavy atom. The third-order valence-electron chi connectivity index (χ3n) is 1.60. The molecule has 1 aliphatic heterocycles. The Morgan fingerprint density at radius 1 is 1.58 bits per heavy atom.